The monoisotopic (exact) mass is 370 g/mol. The lowest BCUT2D eigenvalue weighted by Gasteiger charge is -2.19. The molecular formula is C17H14N4O2S2. The van der Waals surface area contributed by atoms with Crippen molar-refractivity contribution in [2.45, 2.75) is 5.16 Å². The van der Waals surface area contributed by atoms with Crippen LogP contribution in [0.3, 0.4) is 0 Å². The molecule has 0 radical (unpaired) electrons. The van der Waals surface area contributed by atoms with Crippen LogP contribution in [-0.2, 0) is 11.8 Å². The van der Waals surface area contributed by atoms with E-state index in [1.807, 2.05) is 29.6 Å². The van der Waals surface area contributed by atoms with E-state index >= 15 is 0 Å². The number of fused-ring (bicyclic) bond motifs is 1. The molecular weight excluding hydrogens is 356 g/mol. The van der Waals surface area contributed by atoms with E-state index in [-0.39, 0.29) is 23.8 Å². The third-order valence-corrected chi connectivity index (χ3v) is 5.48. The van der Waals surface area contributed by atoms with Crippen molar-refractivity contribution in [3.05, 3.63) is 52.1 Å². The summed E-state index contributed by atoms with van der Waals surface area (Å²) in [5, 5.41) is 11.3. The minimum atomic E-state index is -0.211. The maximum Gasteiger partial charge on any atom is 0.271 e. The molecule has 6 nitrogen and oxygen atoms in total. The van der Waals surface area contributed by atoms with Gasteiger partial charge < -0.3 is 0 Å². The van der Waals surface area contributed by atoms with Gasteiger partial charge in [0.05, 0.1) is 17.3 Å². The van der Waals surface area contributed by atoms with Crippen LogP contribution < -0.4 is 10.5 Å². The van der Waals surface area contributed by atoms with Gasteiger partial charge in [-0.25, -0.2) is 4.98 Å². The van der Waals surface area contributed by atoms with Gasteiger partial charge in [-0.3, -0.25) is 19.1 Å². The third-order valence-electron chi connectivity index (χ3n) is 3.57. The van der Waals surface area contributed by atoms with Crippen molar-refractivity contribution >= 4 is 44.9 Å². The molecule has 0 saturated heterocycles. The molecule has 126 valence electrons. The standard InChI is InChI=1S/C17H14N4O2S2/c1-20-16(23)15-13(7-10-24-15)19-17(20)25-11-14(22)21(9-8-18)12-5-3-2-4-6-12/h2-7,10H,9,11H2,1H3. The van der Waals surface area contributed by atoms with Gasteiger partial charge in [-0.05, 0) is 23.6 Å². The van der Waals surface area contributed by atoms with Crippen molar-refractivity contribution < 1.29 is 4.79 Å². The summed E-state index contributed by atoms with van der Waals surface area (Å²) in [6.07, 6.45) is 0. The summed E-state index contributed by atoms with van der Waals surface area (Å²) in [5.74, 6) is -0.121. The second-order valence-electron chi connectivity index (χ2n) is 5.16. The summed E-state index contributed by atoms with van der Waals surface area (Å²) in [5.41, 5.74) is 1.19. The number of nitrogens with zero attached hydrogens (tertiary/aromatic N) is 4. The second kappa shape index (κ2) is 7.51. The number of nitriles is 1. The van der Waals surface area contributed by atoms with Gasteiger partial charge in [0.15, 0.2) is 5.16 Å². The van der Waals surface area contributed by atoms with Gasteiger partial charge in [0.2, 0.25) is 5.91 Å². The van der Waals surface area contributed by atoms with Crippen molar-refractivity contribution in [3.63, 3.8) is 0 Å². The van der Waals surface area contributed by atoms with Crippen molar-refractivity contribution in [1.29, 1.82) is 5.26 Å². The van der Waals surface area contributed by atoms with Gasteiger partial charge in [-0.2, -0.15) is 5.26 Å². The van der Waals surface area contributed by atoms with Crippen molar-refractivity contribution in [2.75, 3.05) is 17.2 Å². The number of hydrogen-bond donors (Lipinski definition) is 0. The molecule has 2 aromatic heterocycles. The van der Waals surface area contributed by atoms with Crippen LogP contribution in [0.2, 0.25) is 0 Å². The fourth-order valence-electron chi connectivity index (χ4n) is 2.30. The van der Waals surface area contributed by atoms with Crippen LogP contribution in [0.4, 0.5) is 5.69 Å². The molecule has 1 aromatic carbocycles. The van der Waals surface area contributed by atoms with Gasteiger partial charge in [0.1, 0.15) is 11.2 Å². The summed E-state index contributed by atoms with van der Waals surface area (Å²) in [4.78, 5) is 30.7. The highest BCUT2D eigenvalue weighted by molar-refractivity contribution is 7.99. The summed E-state index contributed by atoms with van der Waals surface area (Å²) < 4.78 is 2.06. The molecule has 0 spiro atoms. The van der Waals surface area contributed by atoms with Gasteiger partial charge >= 0.3 is 0 Å². The maximum atomic E-state index is 12.6. The number of para-hydroxylation sites is 1. The van der Waals surface area contributed by atoms with Crippen LogP contribution in [0.25, 0.3) is 10.2 Å². The van der Waals surface area contributed by atoms with Crippen LogP contribution in [0.1, 0.15) is 0 Å². The molecule has 1 amide bonds. The minimum Gasteiger partial charge on any atom is -0.298 e. The molecule has 0 unspecified atom stereocenters. The van der Waals surface area contributed by atoms with Crippen LogP contribution in [0.15, 0.2) is 51.7 Å². The zero-order valence-electron chi connectivity index (χ0n) is 13.4. The average Bonchev–Trinajstić information content (AvgIpc) is 3.10. The van der Waals surface area contributed by atoms with Crippen molar-refractivity contribution in [2.24, 2.45) is 7.05 Å². The van der Waals surface area contributed by atoms with E-state index in [2.05, 4.69) is 4.98 Å². The molecule has 0 aliphatic rings. The molecule has 0 saturated carbocycles. The van der Waals surface area contributed by atoms with E-state index in [4.69, 9.17) is 5.26 Å². The Morgan fingerprint density at radius 1 is 1.36 bits per heavy atom. The zero-order valence-corrected chi connectivity index (χ0v) is 15.0. The summed E-state index contributed by atoms with van der Waals surface area (Å²) in [6.45, 7) is -0.0284. The molecule has 0 aliphatic carbocycles. The Labute approximate surface area is 152 Å². The SMILES string of the molecule is Cn1c(SCC(=O)N(CC#N)c2ccccc2)nc2ccsc2c1=O. The normalized spacial score (nSPS) is 10.6. The molecule has 0 N–H and O–H groups in total. The Morgan fingerprint density at radius 3 is 2.84 bits per heavy atom. The number of amides is 1. The van der Waals surface area contributed by atoms with E-state index in [0.717, 1.165) is 0 Å². The number of rotatable bonds is 5. The lowest BCUT2D eigenvalue weighted by Crippen LogP contribution is -2.33. The number of carbonyl (C=O) groups is 1. The molecule has 8 heteroatoms. The van der Waals surface area contributed by atoms with E-state index in [0.29, 0.717) is 21.1 Å². The maximum absolute atomic E-state index is 12.6. The minimum absolute atomic E-state index is 0.0284. The Balaban J connectivity index is 1.80. The molecule has 0 bridgehead atoms. The number of anilines is 1. The lowest BCUT2D eigenvalue weighted by molar-refractivity contribution is -0.116. The summed E-state index contributed by atoms with van der Waals surface area (Å²) in [6, 6.07) is 12.9. The molecule has 2 heterocycles. The van der Waals surface area contributed by atoms with Gasteiger partial charge in [-0.1, -0.05) is 30.0 Å². The van der Waals surface area contributed by atoms with Crippen LogP contribution >= 0.6 is 23.1 Å². The van der Waals surface area contributed by atoms with Crippen molar-refractivity contribution in [3.8, 4) is 6.07 Å². The first-order valence-electron chi connectivity index (χ1n) is 7.41. The van der Waals surface area contributed by atoms with Crippen LogP contribution in [-0.4, -0.2) is 27.8 Å². The first-order chi connectivity index (χ1) is 12.1. The van der Waals surface area contributed by atoms with Gasteiger partial charge in [0, 0.05) is 12.7 Å². The molecule has 25 heavy (non-hydrogen) atoms. The Morgan fingerprint density at radius 2 is 2.12 bits per heavy atom. The molecule has 3 aromatic rings. The highest BCUT2D eigenvalue weighted by Crippen LogP contribution is 2.21. The largest absolute Gasteiger partial charge is 0.298 e. The first kappa shape index (κ1) is 17.2. The number of benzene rings is 1. The number of thiophene rings is 1. The fourth-order valence-corrected chi connectivity index (χ4v) is 3.96. The van der Waals surface area contributed by atoms with Gasteiger partial charge in [-0.15, -0.1) is 11.3 Å². The Hall–Kier alpha value is -2.63. The summed E-state index contributed by atoms with van der Waals surface area (Å²) >= 11 is 2.55. The number of hydrogen-bond acceptors (Lipinski definition) is 6. The van der Waals surface area contributed by atoms with E-state index < -0.39 is 0 Å². The predicted molar refractivity (Wildman–Crippen MR) is 100.0 cm³/mol. The fraction of sp³-hybridized carbons (Fsp3) is 0.176. The predicted octanol–water partition coefficient (Wildman–Crippen LogP) is 2.64. The highest BCUT2D eigenvalue weighted by Gasteiger charge is 2.17. The third kappa shape index (κ3) is 3.57. The highest BCUT2D eigenvalue weighted by atomic mass is 32.2. The van der Waals surface area contributed by atoms with E-state index in [1.165, 1.54) is 32.6 Å². The van der Waals surface area contributed by atoms with Crippen molar-refractivity contribution in [1.82, 2.24) is 9.55 Å². The molecule has 0 fully saturated rings. The van der Waals surface area contributed by atoms with Crippen LogP contribution in [0.5, 0.6) is 0 Å². The van der Waals surface area contributed by atoms with E-state index in [1.54, 1.807) is 25.2 Å². The quantitative estimate of drug-likeness (QED) is 0.392. The molecule has 0 atom stereocenters. The smallest absolute Gasteiger partial charge is 0.271 e. The zero-order chi connectivity index (χ0) is 17.8. The number of aromatic nitrogens is 2. The van der Waals surface area contributed by atoms with Gasteiger partial charge in [0.25, 0.3) is 5.56 Å². The number of carbonyl (C=O) groups excluding carboxylic acids is 1. The Kier molecular flexibility index (Phi) is 5.16. The van der Waals surface area contributed by atoms with E-state index in [9.17, 15) is 9.59 Å². The Bertz CT molecular complexity index is 1000. The molecule has 0 aliphatic heterocycles. The van der Waals surface area contributed by atoms with Crippen LogP contribution in [0, 0.1) is 11.3 Å². The topological polar surface area (TPSA) is 79.0 Å². The lowest BCUT2D eigenvalue weighted by atomic mass is 10.3. The average molecular weight is 370 g/mol. The first-order valence-corrected chi connectivity index (χ1v) is 9.27. The summed E-state index contributed by atoms with van der Waals surface area (Å²) in [7, 11) is 1.64. The molecule has 3 rings (SSSR count). The second-order valence-corrected chi connectivity index (χ2v) is 7.01. The number of thioether (sulfide) groups is 1.